The number of phenols is 1. The molecule has 1 aliphatic rings. The molecule has 4 heteroatoms. The van der Waals surface area contributed by atoms with E-state index in [9.17, 15) is 5.11 Å². The average molecular weight is 283 g/mol. The van der Waals surface area contributed by atoms with Gasteiger partial charge in [-0.15, -0.1) is 0 Å². The lowest BCUT2D eigenvalue weighted by Crippen LogP contribution is -2.24. The lowest BCUT2D eigenvalue weighted by Gasteiger charge is -2.21. The van der Waals surface area contributed by atoms with Crippen LogP contribution in [0.1, 0.15) is 49.9 Å². The molecule has 3 N–H and O–H groups in total. The van der Waals surface area contributed by atoms with E-state index in [4.69, 9.17) is 9.90 Å². The van der Waals surface area contributed by atoms with Gasteiger partial charge < -0.3 is 15.5 Å². The smallest absolute Gasteiger partial charge is 0.290 e. The lowest BCUT2D eigenvalue weighted by atomic mass is 9.93. The summed E-state index contributed by atoms with van der Waals surface area (Å²) in [5.74, 6) is 0.461. The van der Waals surface area contributed by atoms with E-state index in [2.05, 4.69) is 11.4 Å². The minimum atomic E-state index is -0.250. The standard InChI is InChI=1S/C11H15NO.2C2H6.CH2O2/c1-7-5-9-3-4-12-6-10(9)8(2)11(7)13;2*1-2;2-1-3/h5,12-13H,3-4,6H2,1-2H3;2*1-2H3;1H,(H,2,3). The van der Waals surface area contributed by atoms with Crippen LogP contribution in [-0.2, 0) is 17.8 Å². The number of nitrogens with one attached hydrogen (secondary N) is 1. The summed E-state index contributed by atoms with van der Waals surface area (Å²) >= 11 is 0. The van der Waals surface area contributed by atoms with E-state index < -0.39 is 0 Å². The molecule has 1 aromatic carbocycles. The zero-order valence-corrected chi connectivity index (χ0v) is 13.6. The Bertz CT molecular complexity index is 390. The van der Waals surface area contributed by atoms with Gasteiger partial charge in [-0.2, -0.15) is 0 Å². The summed E-state index contributed by atoms with van der Waals surface area (Å²) in [5, 5.41) is 19.9. The molecule has 0 aliphatic carbocycles. The Hall–Kier alpha value is -1.55. The van der Waals surface area contributed by atoms with Gasteiger partial charge in [0.25, 0.3) is 6.47 Å². The van der Waals surface area contributed by atoms with E-state index in [1.54, 1.807) is 0 Å². The van der Waals surface area contributed by atoms with Crippen molar-refractivity contribution < 1.29 is 15.0 Å². The molecule has 0 saturated heterocycles. The van der Waals surface area contributed by atoms with Crippen LogP contribution in [-0.4, -0.2) is 23.2 Å². The first kappa shape index (κ1) is 20.8. The van der Waals surface area contributed by atoms with E-state index >= 15 is 0 Å². The number of carbonyl (C=O) groups is 1. The van der Waals surface area contributed by atoms with Gasteiger partial charge in [-0.25, -0.2) is 0 Å². The molecule has 0 fully saturated rings. The van der Waals surface area contributed by atoms with Crippen LogP contribution in [0.3, 0.4) is 0 Å². The topological polar surface area (TPSA) is 69.6 Å². The minimum absolute atomic E-state index is 0.250. The largest absolute Gasteiger partial charge is 0.507 e. The first-order valence-corrected chi connectivity index (χ1v) is 7.21. The van der Waals surface area contributed by atoms with Crippen LogP contribution < -0.4 is 5.32 Å². The molecule has 20 heavy (non-hydrogen) atoms. The monoisotopic (exact) mass is 283 g/mol. The first-order valence-electron chi connectivity index (χ1n) is 7.21. The molecule has 0 bridgehead atoms. The molecule has 0 atom stereocenters. The van der Waals surface area contributed by atoms with E-state index in [1.807, 2.05) is 41.5 Å². The Labute approximate surface area is 122 Å². The molecule has 0 amide bonds. The first-order chi connectivity index (χ1) is 9.61. The molecule has 116 valence electrons. The molecule has 0 radical (unpaired) electrons. The second kappa shape index (κ2) is 12.5. The molecule has 0 spiro atoms. The molecular formula is C16H29NO3. The maximum atomic E-state index is 9.73. The molecule has 1 aromatic rings. The second-order valence-electron chi connectivity index (χ2n) is 3.84. The average Bonchev–Trinajstić information content (AvgIpc) is 2.50. The number of benzene rings is 1. The van der Waals surface area contributed by atoms with Crippen LogP contribution in [0.2, 0.25) is 0 Å². The molecule has 0 aromatic heterocycles. The summed E-state index contributed by atoms with van der Waals surface area (Å²) < 4.78 is 0. The quantitative estimate of drug-likeness (QED) is 0.638. The number of carboxylic acid groups (broad SMARTS) is 1. The Morgan fingerprint density at radius 1 is 1.20 bits per heavy atom. The number of hydrogen-bond donors (Lipinski definition) is 3. The van der Waals surface area contributed by atoms with Crippen molar-refractivity contribution in [3.05, 3.63) is 28.3 Å². The van der Waals surface area contributed by atoms with Gasteiger partial charge in [0.2, 0.25) is 0 Å². The highest BCUT2D eigenvalue weighted by molar-refractivity contribution is 5.49. The number of hydrogen-bond acceptors (Lipinski definition) is 3. The predicted molar refractivity (Wildman–Crippen MR) is 84.4 cm³/mol. The molecular weight excluding hydrogens is 254 g/mol. The zero-order valence-electron chi connectivity index (χ0n) is 13.6. The van der Waals surface area contributed by atoms with Gasteiger partial charge in [0.15, 0.2) is 0 Å². The molecule has 4 nitrogen and oxygen atoms in total. The maximum absolute atomic E-state index is 9.73. The Kier molecular flexibility index (Phi) is 13.0. The zero-order chi connectivity index (χ0) is 16.1. The van der Waals surface area contributed by atoms with Crippen molar-refractivity contribution in [1.29, 1.82) is 0 Å². The summed E-state index contributed by atoms with van der Waals surface area (Å²) in [6.07, 6.45) is 1.08. The van der Waals surface area contributed by atoms with Crippen LogP contribution >= 0.6 is 0 Å². The number of phenolic OH excluding ortho intramolecular Hbond substituents is 1. The lowest BCUT2D eigenvalue weighted by molar-refractivity contribution is -0.122. The van der Waals surface area contributed by atoms with Crippen molar-refractivity contribution in [3.63, 3.8) is 0 Å². The normalized spacial score (nSPS) is 11.3. The van der Waals surface area contributed by atoms with Gasteiger partial charge in [0.1, 0.15) is 5.75 Å². The highest BCUT2D eigenvalue weighted by Gasteiger charge is 2.14. The van der Waals surface area contributed by atoms with Crippen molar-refractivity contribution in [1.82, 2.24) is 5.32 Å². The van der Waals surface area contributed by atoms with Gasteiger partial charge in [-0.3, -0.25) is 4.79 Å². The van der Waals surface area contributed by atoms with Crippen molar-refractivity contribution >= 4 is 6.47 Å². The van der Waals surface area contributed by atoms with Crippen LogP contribution in [0, 0.1) is 13.8 Å². The van der Waals surface area contributed by atoms with Crippen molar-refractivity contribution in [3.8, 4) is 5.75 Å². The molecule has 0 saturated carbocycles. The predicted octanol–water partition coefficient (Wildman–Crippen LogP) is 3.41. The van der Waals surface area contributed by atoms with Gasteiger partial charge in [0.05, 0.1) is 0 Å². The minimum Gasteiger partial charge on any atom is -0.507 e. The van der Waals surface area contributed by atoms with E-state index in [-0.39, 0.29) is 6.47 Å². The Morgan fingerprint density at radius 2 is 1.70 bits per heavy atom. The van der Waals surface area contributed by atoms with Crippen LogP contribution in [0.4, 0.5) is 0 Å². The van der Waals surface area contributed by atoms with Crippen molar-refractivity contribution in [2.45, 2.75) is 54.5 Å². The summed E-state index contributed by atoms with van der Waals surface area (Å²) in [5.41, 5.74) is 4.72. The Morgan fingerprint density at radius 3 is 2.20 bits per heavy atom. The SMILES string of the molecule is CC.CC.Cc1cc2c(c(C)c1O)CNCC2.O=CO. The number of aryl methyl sites for hydroxylation is 1. The van der Waals surface area contributed by atoms with Gasteiger partial charge in [0, 0.05) is 6.54 Å². The Balaban J connectivity index is 0. The fourth-order valence-electron chi connectivity index (χ4n) is 2.00. The van der Waals surface area contributed by atoms with Gasteiger partial charge in [-0.05, 0) is 49.1 Å². The number of fused-ring (bicyclic) bond motifs is 1. The third kappa shape index (κ3) is 6.06. The highest BCUT2D eigenvalue weighted by atomic mass is 16.3. The van der Waals surface area contributed by atoms with Crippen LogP contribution in [0.15, 0.2) is 6.07 Å². The summed E-state index contributed by atoms with van der Waals surface area (Å²) in [7, 11) is 0. The third-order valence-electron chi connectivity index (χ3n) is 2.83. The van der Waals surface area contributed by atoms with Gasteiger partial charge in [-0.1, -0.05) is 33.8 Å². The highest BCUT2D eigenvalue weighted by Crippen LogP contribution is 2.29. The van der Waals surface area contributed by atoms with E-state index in [0.717, 1.165) is 30.6 Å². The second-order valence-corrected chi connectivity index (χ2v) is 3.84. The summed E-state index contributed by atoms with van der Waals surface area (Å²) in [6.45, 7) is 13.7. The number of rotatable bonds is 0. The van der Waals surface area contributed by atoms with E-state index in [1.165, 1.54) is 11.1 Å². The van der Waals surface area contributed by atoms with Gasteiger partial charge >= 0.3 is 0 Å². The van der Waals surface area contributed by atoms with E-state index in [0.29, 0.717) is 5.75 Å². The molecule has 1 heterocycles. The van der Waals surface area contributed by atoms with Crippen LogP contribution in [0.5, 0.6) is 5.75 Å². The fourth-order valence-corrected chi connectivity index (χ4v) is 2.00. The van der Waals surface area contributed by atoms with Crippen molar-refractivity contribution in [2.24, 2.45) is 0 Å². The fraction of sp³-hybridized carbons (Fsp3) is 0.562. The maximum Gasteiger partial charge on any atom is 0.290 e. The third-order valence-corrected chi connectivity index (χ3v) is 2.83. The molecule has 2 rings (SSSR count). The summed E-state index contributed by atoms with van der Waals surface area (Å²) in [4.78, 5) is 8.36. The molecule has 1 aliphatic heterocycles. The van der Waals surface area contributed by atoms with Crippen LogP contribution in [0.25, 0.3) is 0 Å². The number of aromatic hydroxyl groups is 1. The molecule has 0 unspecified atom stereocenters. The summed E-state index contributed by atoms with van der Waals surface area (Å²) in [6, 6.07) is 2.11. The van der Waals surface area contributed by atoms with Crippen molar-refractivity contribution in [2.75, 3.05) is 6.54 Å².